The number of fused-ring (bicyclic) bond motifs is 3. The quantitative estimate of drug-likeness (QED) is 0.745. The second-order valence-electron chi connectivity index (χ2n) is 8.69. The maximum atomic E-state index is 13.1. The molecule has 2 unspecified atom stereocenters. The molecule has 1 amide bonds. The lowest BCUT2D eigenvalue weighted by molar-refractivity contribution is -0.0861. The van der Waals surface area contributed by atoms with Crippen molar-refractivity contribution in [3.63, 3.8) is 0 Å². The molecule has 3 heterocycles. The minimum Gasteiger partial charge on any atom is -0.493 e. The largest absolute Gasteiger partial charge is 0.493 e. The lowest BCUT2D eigenvalue weighted by Gasteiger charge is -2.47. The third-order valence-corrected chi connectivity index (χ3v) is 5.47. The van der Waals surface area contributed by atoms with Crippen molar-refractivity contribution >= 4 is 11.9 Å². The number of hydrogen-bond donors (Lipinski definition) is 0. The van der Waals surface area contributed by atoms with E-state index >= 15 is 0 Å². The lowest BCUT2D eigenvalue weighted by atomic mass is 9.80. The summed E-state index contributed by atoms with van der Waals surface area (Å²) in [5.41, 5.74) is 1.32. The molecule has 2 atom stereocenters. The van der Waals surface area contributed by atoms with Crippen LogP contribution < -0.4 is 4.74 Å². The Balaban J connectivity index is 1.49. The van der Waals surface area contributed by atoms with Gasteiger partial charge < -0.3 is 14.2 Å². The van der Waals surface area contributed by atoms with E-state index in [0.717, 1.165) is 23.3 Å². The number of nitrogens with zero attached hydrogens (tertiary/aromatic N) is 1. The summed E-state index contributed by atoms with van der Waals surface area (Å²) in [4.78, 5) is 27.6. The summed E-state index contributed by atoms with van der Waals surface area (Å²) in [6.07, 6.45) is 1.78. The molecule has 2 saturated heterocycles. The predicted molar refractivity (Wildman–Crippen MR) is 99.2 cm³/mol. The number of hydrogen-bond acceptors (Lipinski definition) is 5. The van der Waals surface area contributed by atoms with Gasteiger partial charge in [0.2, 0.25) is 0 Å². The van der Waals surface area contributed by atoms with Crippen molar-refractivity contribution in [1.29, 1.82) is 0 Å². The predicted octanol–water partition coefficient (Wildman–Crippen LogP) is 3.22. The summed E-state index contributed by atoms with van der Waals surface area (Å²) in [5, 5.41) is 0. The molecule has 0 aromatic heterocycles. The molecule has 3 aliphatic rings. The molecule has 3 aliphatic heterocycles. The number of benzene rings is 1. The molecule has 0 spiro atoms. The van der Waals surface area contributed by atoms with Crippen LogP contribution in [0.3, 0.4) is 0 Å². The van der Waals surface area contributed by atoms with Crippen LogP contribution in [0, 0.1) is 5.92 Å². The molecule has 6 heteroatoms. The molecule has 0 radical (unpaired) electrons. The summed E-state index contributed by atoms with van der Waals surface area (Å²) in [5.74, 6) is 0.949. The number of ether oxygens (including phenoxy) is 3. The molecule has 146 valence electrons. The van der Waals surface area contributed by atoms with Crippen molar-refractivity contribution < 1.29 is 23.8 Å². The van der Waals surface area contributed by atoms with Crippen LogP contribution in [0.25, 0.3) is 0 Å². The Hall–Kier alpha value is -2.08. The van der Waals surface area contributed by atoms with Gasteiger partial charge in [-0.25, -0.2) is 4.79 Å². The van der Waals surface area contributed by atoms with E-state index in [1.54, 1.807) is 4.90 Å². The number of amides is 1. The Kier molecular flexibility index (Phi) is 4.62. The summed E-state index contributed by atoms with van der Waals surface area (Å²) >= 11 is 0. The zero-order chi connectivity index (χ0) is 19.2. The fourth-order valence-corrected chi connectivity index (χ4v) is 4.32. The lowest BCUT2D eigenvalue weighted by Crippen LogP contribution is -2.60. The van der Waals surface area contributed by atoms with Gasteiger partial charge in [0.1, 0.15) is 11.4 Å². The van der Waals surface area contributed by atoms with Gasteiger partial charge in [0.05, 0.1) is 31.9 Å². The molecule has 2 bridgehead atoms. The molecule has 2 fully saturated rings. The average Bonchev–Trinajstić information content (AvgIpc) is 3.06. The number of ketones is 1. The average molecular weight is 373 g/mol. The normalized spacial score (nSPS) is 26.9. The van der Waals surface area contributed by atoms with Crippen molar-refractivity contribution in [3.05, 3.63) is 29.3 Å². The van der Waals surface area contributed by atoms with Crippen LogP contribution in [0.4, 0.5) is 4.79 Å². The smallest absolute Gasteiger partial charge is 0.410 e. The van der Waals surface area contributed by atoms with Gasteiger partial charge in [-0.05, 0) is 57.4 Å². The molecule has 0 aliphatic carbocycles. The highest BCUT2D eigenvalue weighted by Crippen LogP contribution is 2.35. The number of Topliss-reactive ketones (excluding diaryl/α,β-unsaturated/α-hetero) is 1. The summed E-state index contributed by atoms with van der Waals surface area (Å²) in [6, 6.07) is 5.50. The van der Waals surface area contributed by atoms with E-state index in [0.29, 0.717) is 32.7 Å². The van der Waals surface area contributed by atoms with E-state index in [1.807, 2.05) is 39.0 Å². The molecule has 1 aromatic carbocycles. The van der Waals surface area contributed by atoms with Gasteiger partial charge >= 0.3 is 6.09 Å². The van der Waals surface area contributed by atoms with Gasteiger partial charge in [-0.1, -0.05) is 0 Å². The molecule has 0 N–H and O–H groups in total. The Bertz CT molecular complexity index is 739. The van der Waals surface area contributed by atoms with E-state index in [9.17, 15) is 9.59 Å². The Labute approximate surface area is 159 Å². The van der Waals surface area contributed by atoms with Crippen molar-refractivity contribution in [1.82, 2.24) is 4.90 Å². The van der Waals surface area contributed by atoms with E-state index < -0.39 is 5.60 Å². The maximum absolute atomic E-state index is 13.1. The summed E-state index contributed by atoms with van der Waals surface area (Å²) < 4.78 is 16.8. The van der Waals surface area contributed by atoms with Gasteiger partial charge in [-0.15, -0.1) is 0 Å². The van der Waals surface area contributed by atoms with Gasteiger partial charge in [-0.3, -0.25) is 9.69 Å². The number of morpholine rings is 1. The second kappa shape index (κ2) is 6.82. The third-order valence-electron chi connectivity index (χ3n) is 5.47. The van der Waals surface area contributed by atoms with Crippen molar-refractivity contribution in [2.75, 3.05) is 19.8 Å². The Morgan fingerprint density at radius 1 is 1.15 bits per heavy atom. The van der Waals surface area contributed by atoms with Crippen LogP contribution in [0.15, 0.2) is 18.2 Å². The summed E-state index contributed by atoms with van der Waals surface area (Å²) in [7, 11) is 0. The standard InChI is InChI=1S/C21H27NO5/c1-21(2,3)27-20(24)22-16-9-15(10-17(22)12-25-11-16)19(23)14-4-5-18-13(8-14)6-7-26-18/h4-5,8,15-17H,6-7,9-12H2,1-3H3. The van der Waals surface area contributed by atoms with Crippen LogP contribution >= 0.6 is 0 Å². The SMILES string of the molecule is CC(C)(C)OC(=O)N1C2COCC1CC(C(=O)c1ccc3c(c1)CCO3)C2. The Morgan fingerprint density at radius 3 is 2.52 bits per heavy atom. The molecule has 1 aromatic rings. The highest BCUT2D eigenvalue weighted by Gasteiger charge is 2.45. The van der Waals surface area contributed by atoms with Crippen LogP contribution in [-0.2, 0) is 15.9 Å². The topological polar surface area (TPSA) is 65.1 Å². The number of carbonyl (C=O) groups is 2. The first kappa shape index (κ1) is 18.3. The third kappa shape index (κ3) is 3.68. The molecule has 6 nitrogen and oxygen atoms in total. The van der Waals surface area contributed by atoms with Crippen LogP contribution in [0.2, 0.25) is 0 Å². The van der Waals surface area contributed by atoms with Crippen LogP contribution in [-0.4, -0.2) is 54.3 Å². The first-order chi connectivity index (χ1) is 12.8. The Morgan fingerprint density at radius 2 is 1.85 bits per heavy atom. The minimum atomic E-state index is -0.536. The van der Waals surface area contributed by atoms with Gasteiger partial charge in [-0.2, -0.15) is 0 Å². The highest BCUT2D eigenvalue weighted by molar-refractivity contribution is 5.98. The fourth-order valence-electron chi connectivity index (χ4n) is 4.32. The zero-order valence-electron chi connectivity index (χ0n) is 16.2. The second-order valence-corrected chi connectivity index (χ2v) is 8.69. The highest BCUT2D eigenvalue weighted by atomic mass is 16.6. The monoisotopic (exact) mass is 373 g/mol. The summed E-state index contributed by atoms with van der Waals surface area (Å²) in [6.45, 7) is 7.19. The van der Waals surface area contributed by atoms with E-state index in [2.05, 4.69) is 0 Å². The van der Waals surface area contributed by atoms with Gasteiger partial charge in [0, 0.05) is 17.9 Å². The first-order valence-corrected chi connectivity index (χ1v) is 9.71. The fraction of sp³-hybridized carbons (Fsp3) is 0.619. The molecule has 4 rings (SSSR count). The molecule has 27 heavy (non-hydrogen) atoms. The van der Waals surface area contributed by atoms with Crippen molar-refractivity contribution in [3.8, 4) is 5.75 Å². The van der Waals surface area contributed by atoms with Crippen LogP contribution in [0.5, 0.6) is 5.75 Å². The van der Waals surface area contributed by atoms with Gasteiger partial charge in [0.25, 0.3) is 0 Å². The molecular formula is C21H27NO5. The van der Waals surface area contributed by atoms with E-state index in [1.165, 1.54) is 0 Å². The number of piperidine rings is 1. The first-order valence-electron chi connectivity index (χ1n) is 9.71. The zero-order valence-corrected chi connectivity index (χ0v) is 16.2. The van der Waals surface area contributed by atoms with E-state index in [4.69, 9.17) is 14.2 Å². The minimum absolute atomic E-state index is 0.0945. The molecular weight excluding hydrogens is 346 g/mol. The maximum Gasteiger partial charge on any atom is 0.410 e. The van der Waals surface area contributed by atoms with E-state index in [-0.39, 0.29) is 29.9 Å². The van der Waals surface area contributed by atoms with Gasteiger partial charge in [0.15, 0.2) is 5.78 Å². The number of carbonyl (C=O) groups excluding carboxylic acids is 2. The molecule has 0 saturated carbocycles. The number of rotatable bonds is 2. The van der Waals surface area contributed by atoms with Crippen molar-refractivity contribution in [2.45, 2.75) is 57.7 Å². The van der Waals surface area contributed by atoms with Crippen LogP contribution in [0.1, 0.15) is 49.5 Å². The van der Waals surface area contributed by atoms with Crippen molar-refractivity contribution in [2.24, 2.45) is 5.92 Å².